The summed E-state index contributed by atoms with van der Waals surface area (Å²) in [7, 11) is -3.87. The van der Waals surface area contributed by atoms with Gasteiger partial charge in [0.05, 0.1) is 18.0 Å². The highest BCUT2D eigenvalue weighted by atomic mass is 32.2. The molecule has 2 aromatic rings. The van der Waals surface area contributed by atoms with Gasteiger partial charge < -0.3 is 5.11 Å². The third-order valence-corrected chi connectivity index (χ3v) is 5.40. The number of thiazole rings is 1. The van der Waals surface area contributed by atoms with Gasteiger partial charge in [0.15, 0.2) is 0 Å². The average Bonchev–Trinajstić information content (AvgIpc) is 2.85. The van der Waals surface area contributed by atoms with Crippen molar-refractivity contribution in [1.82, 2.24) is 9.71 Å². The second-order valence-electron chi connectivity index (χ2n) is 4.57. The van der Waals surface area contributed by atoms with Gasteiger partial charge in [0, 0.05) is 16.6 Å². The van der Waals surface area contributed by atoms with Crippen molar-refractivity contribution in [3.63, 3.8) is 0 Å². The van der Waals surface area contributed by atoms with Crippen molar-refractivity contribution in [2.45, 2.75) is 31.9 Å². The Morgan fingerprint density at radius 1 is 1.38 bits per heavy atom. The molecule has 0 aliphatic rings. The Balaban J connectivity index is 2.29. The third-order valence-electron chi connectivity index (χ3n) is 2.91. The van der Waals surface area contributed by atoms with Gasteiger partial charge in [-0.25, -0.2) is 22.5 Å². The van der Waals surface area contributed by atoms with Gasteiger partial charge in [-0.2, -0.15) is 0 Å². The molecule has 21 heavy (non-hydrogen) atoms. The van der Waals surface area contributed by atoms with Crippen LogP contribution in [0.15, 0.2) is 22.4 Å². The van der Waals surface area contributed by atoms with Crippen LogP contribution < -0.4 is 4.72 Å². The summed E-state index contributed by atoms with van der Waals surface area (Å²) in [6.45, 7) is 2.83. The summed E-state index contributed by atoms with van der Waals surface area (Å²) in [6.07, 6.45) is 0. The Morgan fingerprint density at radius 2 is 2.10 bits per heavy atom. The number of sulfonamides is 1. The molecule has 0 aliphatic carbocycles. The molecule has 0 saturated heterocycles. The molecule has 0 fully saturated rings. The molecule has 0 aliphatic heterocycles. The van der Waals surface area contributed by atoms with E-state index in [9.17, 15) is 12.8 Å². The largest absolute Gasteiger partial charge is 0.392 e. The molecule has 1 heterocycles. The first kappa shape index (κ1) is 16.0. The highest BCUT2D eigenvalue weighted by molar-refractivity contribution is 7.89. The van der Waals surface area contributed by atoms with Crippen molar-refractivity contribution in [3.05, 3.63) is 45.2 Å². The number of aromatic nitrogens is 1. The van der Waals surface area contributed by atoms with Crippen LogP contribution in [0.1, 0.15) is 21.8 Å². The number of nitrogens with zero attached hydrogens (tertiary/aromatic N) is 1. The molecule has 114 valence electrons. The van der Waals surface area contributed by atoms with Gasteiger partial charge in [-0.3, -0.25) is 0 Å². The van der Waals surface area contributed by atoms with Gasteiger partial charge in [-0.05, 0) is 31.5 Å². The summed E-state index contributed by atoms with van der Waals surface area (Å²) in [5.41, 5.74) is 1.05. The molecule has 0 amide bonds. The molecule has 0 atom stereocenters. The lowest BCUT2D eigenvalue weighted by atomic mass is 10.1. The van der Waals surface area contributed by atoms with E-state index in [0.717, 1.165) is 11.8 Å². The summed E-state index contributed by atoms with van der Waals surface area (Å²) >= 11 is 1.35. The Bertz CT molecular complexity index is 757. The molecule has 1 aromatic heterocycles. The number of aliphatic hydroxyl groups excluding tert-OH is 1. The molecular weight excluding hydrogens is 315 g/mol. The van der Waals surface area contributed by atoms with Crippen molar-refractivity contribution in [1.29, 1.82) is 0 Å². The van der Waals surface area contributed by atoms with Crippen LogP contribution in [-0.2, 0) is 23.2 Å². The van der Waals surface area contributed by atoms with Crippen LogP contribution >= 0.6 is 11.3 Å². The predicted molar refractivity (Wildman–Crippen MR) is 77.9 cm³/mol. The predicted octanol–water partition coefficient (Wildman–Crippen LogP) is 1.87. The molecule has 0 radical (unpaired) electrons. The van der Waals surface area contributed by atoms with E-state index in [0.29, 0.717) is 5.01 Å². The minimum Gasteiger partial charge on any atom is -0.392 e. The molecule has 5 nitrogen and oxygen atoms in total. The van der Waals surface area contributed by atoms with E-state index in [4.69, 9.17) is 5.11 Å². The second kappa shape index (κ2) is 6.18. The van der Waals surface area contributed by atoms with Crippen molar-refractivity contribution in [3.8, 4) is 0 Å². The van der Waals surface area contributed by atoms with E-state index in [2.05, 4.69) is 9.71 Å². The number of halogens is 1. The maximum atomic E-state index is 13.7. The van der Waals surface area contributed by atoms with E-state index in [-0.39, 0.29) is 22.6 Å². The molecule has 1 aromatic carbocycles. The molecule has 0 saturated carbocycles. The van der Waals surface area contributed by atoms with Crippen LogP contribution in [0.5, 0.6) is 0 Å². The summed E-state index contributed by atoms with van der Waals surface area (Å²) in [6, 6.07) is 2.40. The van der Waals surface area contributed by atoms with E-state index in [1.54, 1.807) is 0 Å². The van der Waals surface area contributed by atoms with Crippen molar-refractivity contribution < 1.29 is 17.9 Å². The lowest BCUT2D eigenvalue weighted by Crippen LogP contribution is -2.24. The van der Waals surface area contributed by atoms with Gasteiger partial charge in [-0.1, -0.05) is 0 Å². The molecular formula is C13H15FN2O3S2. The van der Waals surface area contributed by atoms with Gasteiger partial charge >= 0.3 is 0 Å². The Morgan fingerprint density at radius 3 is 2.67 bits per heavy atom. The monoisotopic (exact) mass is 330 g/mol. The van der Waals surface area contributed by atoms with Crippen molar-refractivity contribution >= 4 is 21.4 Å². The summed E-state index contributed by atoms with van der Waals surface area (Å²) < 4.78 is 40.6. The Labute approximate surface area is 126 Å². The maximum Gasteiger partial charge on any atom is 0.241 e. The molecule has 0 bridgehead atoms. The van der Waals surface area contributed by atoms with Crippen LogP contribution in [0.4, 0.5) is 4.39 Å². The first-order valence-corrected chi connectivity index (χ1v) is 8.50. The molecule has 0 unspecified atom stereocenters. The number of hydrogen-bond acceptors (Lipinski definition) is 5. The topological polar surface area (TPSA) is 79.3 Å². The number of hydrogen-bond donors (Lipinski definition) is 2. The maximum absolute atomic E-state index is 13.7. The van der Waals surface area contributed by atoms with Crippen LogP contribution in [0.25, 0.3) is 0 Å². The van der Waals surface area contributed by atoms with Crippen LogP contribution in [0, 0.1) is 19.7 Å². The van der Waals surface area contributed by atoms with Gasteiger partial charge in [0.25, 0.3) is 0 Å². The minimum absolute atomic E-state index is 0.0232. The van der Waals surface area contributed by atoms with Crippen LogP contribution in [-0.4, -0.2) is 18.5 Å². The standard InChI is InChI=1S/C13H15FN2O3S2/c1-8-7-20-13(16-8)5-15-21(18,19)12-4-10(6-17)3-11(14)9(12)2/h3-4,7,15,17H,5-6H2,1-2H3. The number of rotatable bonds is 5. The van der Waals surface area contributed by atoms with Crippen molar-refractivity contribution in [2.75, 3.05) is 0 Å². The number of aliphatic hydroxyl groups is 1. The molecule has 2 N–H and O–H groups in total. The zero-order valence-corrected chi connectivity index (χ0v) is 13.2. The zero-order valence-electron chi connectivity index (χ0n) is 11.6. The summed E-state index contributed by atoms with van der Waals surface area (Å²) in [5, 5.41) is 11.5. The van der Waals surface area contributed by atoms with Gasteiger partial charge in [0.2, 0.25) is 10.0 Å². The van der Waals surface area contributed by atoms with E-state index in [1.807, 2.05) is 12.3 Å². The minimum atomic E-state index is -3.87. The quantitative estimate of drug-likeness (QED) is 0.877. The fraction of sp³-hybridized carbons (Fsp3) is 0.308. The lowest BCUT2D eigenvalue weighted by Gasteiger charge is -2.10. The fourth-order valence-corrected chi connectivity index (χ4v) is 3.89. The van der Waals surface area contributed by atoms with Crippen LogP contribution in [0.3, 0.4) is 0 Å². The lowest BCUT2D eigenvalue weighted by molar-refractivity contribution is 0.281. The highest BCUT2D eigenvalue weighted by Gasteiger charge is 2.20. The van der Waals surface area contributed by atoms with Gasteiger partial charge in [-0.15, -0.1) is 11.3 Å². The first-order valence-electron chi connectivity index (χ1n) is 6.14. The van der Waals surface area contributed by atoms with E-state index < -0.39 is 22.4 Å². The summed E-state index contributed by atoms with van der Waals surface area (Å²) in [4.78, 5) is 3.99. The fourth-order valence-electron chi connectivity index (χ4n) is 1.80. The van der Waals surface area contributed by atoms with Crippen LogP contribution in [0.2, 0.25) is 0 Å². The molecule has 2 rings (SSSR count). The second-order valence-corrected chi connectivity index (χ2v) is 7.24. The summed E-state index contributed by atoms with van der Waals surface area (Å²) in [5.74, 6) is -0.660. The number of nitrogens with one attached hydrogen (secondary N) is 1. The number of aryl methyl sites for hydroxylation is 1. The smallest absolute Gasteiger partial charge is 0.241 e. The number of benzene rings is 1. The van der Waals surface area contributed by atoms with Gasteiger partial charge in [0.1, 0.15) is 10.8 Å². The zero-order chi connectivity index (χ0) is 15.6. The Kier molecular flexibility index (Phi) is 4.72. The molecule has 8 heteroatoms. The first-order chi connectivity index (χ1) is 9.83. The third kappa shape index (κ3) is 3.65. The SMILES string of the molecule is Cc1csc(CNS(=O)(=O)c2cc(CO)cc(F)c2C)n1. The normalized spacial score (nSPS) is 11.8. The van der Waals surface area contributed by atoms with E-state index >= 15 is 0 Å². The highest BCUT2D eigenvalue weighted by Crippen LogP contribution is 2.21. The van der Waals surface area contributed by atoms with E-state index in [1.165, 1.54) is 24.3 Å². The van der Waals surface area contributed by atoms with Crippen molar-refractivity contribution in [2.24, 2.45) is 0 Å². The molecule has 0 spiro atoms. The Hall–Kier alpha value is -1.35. The average molecular weight is 330 g/mol.